The molecule has 20 heavy (non-hydrogen) atoms. The lowest BCUT2D eigenvalue weighted by Crippen LogP contribution is -2.06. The predicted octanol–water partition coefficient (Wildman–Crippen LogP) is 1.61. The van der Waals surface area contributed by atoms with Crippen LogP contribution in [0.25, 0.3) is 5.78 Å². The summed E-state index contributed by atoms with van der Waals surface area (Å²) in [6.07, 6.45) is 2.11. The van der Waals surface area contributed by atoms with Gasteiger partial charge in [0.2, 0.25) is 0 Å². The molecule has 2 N–H and O–H groups in total. The first-order valence-electron chi connectivity index (χ1n) is 6.24. The summed E-state index contributed by atoms with van der Waals surface area (Å²) in [5.74, 6) is 7.18. The Kier molecular flexibility index (Phi) is 3.05. The van der Waals surface area contributed by atoms with Gasteiger partial charge in [0, 0.05) is 6.42 Å². The van der Waals surface area contributed by atoms with E-state index in [9.17, 15) is 0 Å². The molecule has 5 nitrogen and oxygen atoms in total. The van der Waals surface area contributed by atoms with Crippen molar-refractivity contribution in [1.82, 2.24) is 19.6 Å². The normalized spacial score (nSPS) is 10.2. The highest BCUT2D eigenvalue weighted by Gasteiger charge is 2.09. The molecule has 0 aliphatic heterocycles. The minimum atomic E-state index is 0.477. The summed E-state index contributed by atoms with van der Waals surface area (Å²) in [5, 5.41) is 4.04. The molecule has 98 valence electrons. The van der Waals surface area contributed by atoms with Crippen LogP contribution in [0.5, 0.6) is 0 Å². The highest BCUT2D eigenvalue weighted by Crippen LogP contribution is 2.14. The van der Waals surface area contributed by atoms with Gasteiger partial charge in [-0.25, -0.2) is 4.98 Å². The molecule has 2 heterocycles. The van der Waals surface area contributed by atoms with Crippen LogP contribution >= 0.6 is 0 Å². The molecular formula is C15H13N5. The van der Waals surface area contributed by atoms with Gasteiger partial charge in [-0.2, -0.15) is 14.6 Å². The first-order chi connectivity index (χ1) is 9.75. The number of benzene rings is 1. The Morgan fingerprint density at radius 1 is 1.25 bits per heavy atom. The molecule has 0 fully saturated rings. The summed E-state index contributed by atoms with van der Waals surface area (Å²) < 4.78 is 1.50. The molecule has 0 atom stereocenters. The van der Waals surface area contributed by atoms with Crippen LogP contribution in [0.2, 0.25) is 0 Å². The van der Waals surface area contributed by atoms with Gasteiger partial charge in [0.25, 0.3) is 5.78 Å². The van der Waals surface area contributed by atoms with Crippen molar-refractivity contribution in [1.29, 1.82) is 0 Å². The van der Waals surface area contributed by atoms with E-state index in [-0.39, 0.29) is 0 Å². The fourth-order valence-electron chi connectivity index (χ4n) is 1.96. The minimum absolute atomic E-state index is 0.477. The fraction of sp³-hybridized carbons (Fsp3) is 0.133. The zero-order valence-corrected chi connectivity index (χ0v) is 11.0. The van der Waals surface area contributed by atoms with Gasteiger partial charge in [-0.3, -0.25) is 0 Å². The topological polar surface area (TPSA) is 69.1 Å². The number of aryl methyl sites for hydroxylation is 1. The molecule has 5 heteroatoms. The molecular weight excluding hydrogens is 250 g/mol. The van der Waals surface area contributed by atoms with E-state index in [4.69, 9.17) is 5.73 Å². The number of hydrogen-bond donors (Lipinski definition) is 1. The third-order valence-electron chi connectivity index (χ3n) is 2.99. The Hall–Kier alpha value is -2.87. The highest BCUT2D eigenvalue weighted by atomic mass is 15.3. The molecule has 0 unspecified atom stereocenters. The smallest absolute Gasteiger partial charge is 0.254 e. The Balaban J connectivity index is 1.95. The molecule has 0 spiro atoms. The van der Waals surface area contributed by atoms with Crippen LogP contribution in [0.4, 0.5) is 5.82 Å². The van der Waals surface area contributed by atoms with Crippen molar-refractivity contribution < 1.29 is 0 Å². The van der Waals surface area contributed by atoms with Gasteiger partial charge in [0.1, 0.15) is 12.1 Å². The summed E-state index contributed by atoms with van der Waals surface area (Å²) in [6, 6.07) is 10.1. The second-order valence-corrected chi connectivity index (χ2v) is 4.39. The van der Waals surface area contributed by atoms with E-state index >= 15 is 0 Å². The third-order valence-corrected chi connectivity index (χ3v) is 2.99. The number of nitrogen functional groups attached to an aromatic ring is 1. The van der Waals surface area contributed by atoms with Crippen LogP contribution < -0.4 is 5.73 Å². The fourth-order valence-corrected chi connectivity index (χ4v) is 1.96. The minimum Gasteiger partial charge on any atom is -0.382 e. The molecule has 3 rings (SSSR count). The zero-order chi connectivity index (χ0) is 13.9. The molecule has 0 radical (unpaired) electrons. The van der Waals surface area contributed by atoms with E-state index in [1.165, 1.54) is 16.4 Å². The average Bonchev–Trinajstić information content (AvgIpc) is 2.92. The second-order valence-electron chi connectivity index (χ2n) is 4.39. The van der Waals surface area contributed by atoms with Gasteiger partial charge >= 0.3 is 0 Å². The number of nitrogens with zero attached hydrogens (tertiary/aromatic N) is 4. The predicted molar refractivity (Wildman–Crippen MR) is 77.0 cm³/mol. The largest absolute Gasteiger partial charge is 0.382 e. The van der Waals surface area contributed by atoms with Crippen LogP contribution in [0.1, 0.15) is 16.8 Å². The van der Waals surface area contributed by atoms with E-state index < -0.39 is 0 Å². The number of aromatic nitrogens is 4. The van der Waals surface area contributed by atoms with Crippen molar-refractivity contribution in [3.63, 3.8) is 0 Å². The molecule has 0 saturated carbocycles. The molecule has 1 aromatic carbocycles. The Morgan fingerprint density at radius 3 is 2.85 bits per heavy atom. The van der Waals surface area contributed by atoms with E-state index in [2.05, 4.69) is 26.9 Å². The number of anilines is 1. The lowest BCUT2D eigenvalue weighted by molar-refractivity contribution is 0.937. The molecule has 0 aliphatic carbocycles. The maximum Gasteiger partial charge on any atom is 0.254 e. The monoisotopic (exact) mass is 263 g/mol. The first-order valence-corrected chi connectivity index (χ1v) is 6.24. The summed E-state index contributed by atoms with van der Waals surface area (Å²) >= 11 is 0. The van der Waals surface area contributed by atoms with E-state index in [0.717, 1.165) is 5.69 Å². The number of rotatable bonds is 1. The van der Waals surface area contributed by atoms with Crippen LogP contribution in [-0.2, 0) is 6.42 Å². The summed E-state index contributed by atoms with van der Waals surface area (Å²) in [6.45, 7) is 1.87. The highest BCUT2D eigenvalue weighted by molar-refractivity contribution is 5.57. The van der Waals surface area contributed by atoms with Gasteiger partial charge in [-0.05, 0) is 12.5 Å². The van der Waals surface area contributed by atoms with Gasteiger partial charge in [-0.15, -0.1) is 0 Å². The van der Waals surface area contributed by atoms with Crippen LogP contribution in [0.15, 0.2) is 36.7 Å². The molecule has 2 aromatic heterocycles. The first kappa shape index (κ1) is 12.2. The maximum absolute atomic E-state index is 6.06. The van der Waals surface area contributed by atoms with Crippen molar-refractivity contribution in [3.8, 4) is 11.8 Å². The Labute approximate surface area is 116 Å². The molecule has 0 aliphatic rings. The van der Waals surface area contributed by atoms with Crippen molar-refractivity contribution in [2.24, 2.45) is 0 Å². The van der Waals surface area contributed by atoms with Crippen molar-refractivity contribution in [2.45, 2.75) is 13.3 Å². The Bertz CT molecular complexity index is 809. The lowest BCUT2D eigenvalue weighted by atomic mass is 10.1. The second kappa shape index (κ2) is 5.02. The summed E-state index contributed by atoms with van der Waals surface area (Å²) in [7, 11) is 0. The maximum atomic E-state index is 6.06. The van der Waals surface area contributed by atoms with Gasteiger partial charge in [0.15, 0.2) is 0 Å². The van der Waals surface area contributed by atoms with E-state index in [1.54, 1.807) is 0 Å². The van der Waals surface area contributed by atoms with Crippen LogP contribution in [0, 0.1) is 18.8 Å². The molecule has 0 bridgehead atoms. The summed E-state index contributed by atoms with van der Waals surface area (Å²) in [5.41, 5.74) is 8.71. The summed E-state index contributed by atoms with van der Waals surface area (Å²) in [4.78, 5) is 8.35. The van der Waals surface area contributed by atoms with Crippen molar-refractivity contribution in [2.75, 3.05) is 5.73 Å². The van der Waals surface area contributed by atoms with Gasteiger partial charge in [-0.1, -0.05) is 42.2 Å². The quantitative estimate of drug-likeness (QED) is 0.677. The van der Waals surface area contributed by atoms with Crippen molar-refractivity contribution >= 4 is 11.6 Å². The van der Waals surface area contributed by atoms with Crippen LogP contribution in [-0.4, -0.2) is 19.6 Å². The van der Waals surface area contributed by atoms with Gasteiger partial charge in [0.05, 0.1) is 11.3 Å². The van der Waals surface area contributed by atoms with Crippen LogP contribution in [0.3, 0.4) is 0 Å². The van der Waals surface area contributed by atoms with E-state index in [0.29, 0.717) is 23.6 Å². The SMILES string of the molecule is Cc1nc2ncnn2c(N)c1C#CCc1ccccc1. The van der Waals surface area contributed by atoms with Crippen molar-refractivity contribution in [3.05, 3.63) is 53.5 Å². The Morgan fingerprint density at radius 2 is 2.05 bits per heavy atom. The third kappa shape index (κ3) is 2.19. The molecule has 3 aromatic rings. The lowest BCUT2D eigenvalue weighted by Gasteiger charge is -2.03. The number of fused-ring (bicyclic) bond motifs is 1. The standard InChI is InChI=1S/C15H13N5/c1-11-13(9-5-8-12-6-3-2-4-7-12)14(16)20-15(19-11)17-10-18-20/h2-4,6-7,10H,8,16H2,1H3. The zero-order valence-electron chi connectivity index (χ0n) is 11.0. The molecule has 0 amide bonds. The number of hydrogen-bond acceptors (Lipinski definition) is 4. The van der Waals surface area contributed by atoms with Gasteiger partial charge < -0.3 is 5.73 Å². The number of nitrogens with two attached hydrogens (primary N) is 1. The average molecular weight is 263 g/mol. The van der Waals surface area contributed by atoms with E-state index in [1.807, 2.05) is 37.3 Å². The molecule has 0 saturated heterocycles.